The number of anilines is 3. The monoisotopic (exact) mass is 377 g/mol. The minimum absolute atomic E-state index is 0.213. The number of hydrogen-bond donors (Lipinski definition) is 2. The summed E-state index contributed by atoms with van der Waals surface area (Å²) in [6.07, 6.45) is -4.68. The highest BCUT2D eigenvalue weighted by Gasteiger charge is 2.40. The molecule has 0 saturated carbocycles. The molecule has 1 saturated heterocycles. The van der Waals surface area contributed by atoms with E-state index in [-0.39, 0.29) is 13.0 Å². The van der Waals surface area contributed by atoms with Gasteiger partial charge in [0.25, 0.3) is 0 Å². The van der Waals surface area contributed by atoms with Gasteiger partial charge < -0.3 is 15.5 Å². The first-order valence-electron chi connectivity index (χ1n) is 8.38. The molecule has 3 rings (SSSR count). The lowest BCUT2D eigenvalue weighted by Crippen LogP contribution is -2.36. The van der Waals surface area contributed by atoms with E-state index in [2.05, 4.69) is 10.6 Å². The van der Waals surface area contributed by atoms with Crippen LogP contribution in [0.5, 0.6) is 0 Å². The van der Waals surface area contributed by atoms with Crippen LogP contribution >= 0.6 is 0 Å². The molecular weight excluding hydrogens is 359 g/mol. The number of hydrogen-bond acceptors (Lipinski definition) is 3. The van der Waals surface area contributed by atoms with Crippen molar-refractivity contribution in [2.75, 3.05) is 23.7 Å². The maximum atomic E-state index is 12.4. The van der Waals surface area contributed by atoms with Gasteiger partial charge in [0, 0.05) is 30.0 Å². The van der Waals surface area contributed by atoms with Gasteiger partial charge in [-0.2, -0.15) is 13.2 Å². The third-order valence-electron chi connectivity index (χ3n) is 4.17. The molecule has 27 heavy (non-hydrogen) atoms. The van der Waals surface area contributed by atoms with Crippen LogP contribution in [0.1, 0.15) is 6.42 Å². The number of nitrogens with zero attached hydrogens (tertiary/aromatic N) is 1. The van der Waals surface area contributed by atoms with Gasteiger partial charge in [0.05, 0.1) is 5.92 Å². The van der Waals surface area contributed by atoms with Crippen molar-refractivity contribution in [1.29, 1.82) is 0 Å². The Morgan fingerprint density at radius 1 is 1.00 bits per heavy atom. The molecule has 8 heteroatoms. The Labute approximate surface area is 154 Å². The highest BCUT2D eigenvalue weighted by atomic mass is 19.4. The van der Waals surface area contributed by atoms with Gasteiger partial charge in [0.1, 0.15) is 6.54 Å². The Morgan fingerprint density at radius 2 is 1.59 bits per heavy atom. The standard InChI is InChI=1S/C19H18F3N3O2/c20-19(21,22)12-25-11-13(10-17(25)26)18(27)24-16-8-6-15(7-9-16)23-14-4-2-1-3-5-14/h1-9,13,23H,10-12H2,(H,24,27)/t13-/m0/s1. The number of benzene rings is 2. The number of carbonyl (C=O) groups excluding carboxylic acids is 2. The minimum Gasteiger partial charge on any atom is -0.356 e. The third-order valence-corrected chi connectivity index (χ3v) is 4.17. The molecule has 2 aromatic rings. The molecule has 5 nitrogen and oxygen atoms in total. The molecular formula is C19H18F3N3O2. The van der Waals surface area contributed by atoms with Crippen LogP contribution in [-0.4, -0.2) is 36.0 Å². The second-order valence-electron chi connectivity index (χ2n) is 6.35. The maximum absolute atomic E-state index is 12.4. The predicted molar refractivity (Wildman–Crippen MR) is 95.5 cm³/mol. The van der Waals surface area contributed by atoms with Crippen LogP contribution in [0.15, 0.2) is 54.6 Å². The topological polar surface area (TPSA) is 61.4 Å². The zero-order valence-corrected chi connectivity index (χ0v) is 14.3. The van der Waals surface area contributed by atoms with E-state index in [1.54, 1.807) is 24.3 Å². The molecule has 0 aliphatic carbocycles. The van der Waals surface area contributed by atoms with Crippen molar-refractivity contribution in [3.63, 3.8) is 0 Å². The zero-order chi connectivity index (χ0) is 19.4. The Kier molecular flexibility index (Phi) is 5.34. The van der Waals surface area contributed by atoms with Crippen molar-refractivity contribution in [2.24, 2.45) is 5.92 Å². The van der Waals surface area contributed by atoms with Crippen LogP contribution in [0.2, 0.25) is 0 Å². The van der Waals surface area contributed by atoms with E-state index in [4.69, 9.17) is 0 Å². The largest absolute Gasteiger partial charge is 0.406 e. The summed E-state index contributed by atoms with van der Waals surface area (Å²) in [6, 6.07) is 16.5. The van der Waals surface area contributed by atoms with Crippen LogP contribution in [0, 0.1) is 5.92 Å². The highest BCUT2D eigenvalue weighted by Crippen LogP contribution is 2.25. The van der Waals surface area contributed by atoms with Gasteiger partial charge in [-0.15, -0.1) is 0 Å². The molecule has 0 spiro atoms. The number of para-hydroxylation sites is 1. The van der Waals surface area contributed by atoms with Gasteiger partial charge in [0.2, 0.25) is 11.8 Å². The van der Waals surface area contributed by atoms with Crippen molar-refractivity contribution >= 4 is 28.9 Å². The summed E-state index contributed by atoms with van der Waals surface area (Å²) in [5.74, 6) is -1.91. The zero-order valence-electron chi connectivity index (χ0n) is 14.3. The summed E-state index contributed by atoms with van der Waals surface area (Å²) < 4.78 is 37.3. The second-order valence-corrected chi connectivity index (χ2v) is 6.35. The number of amides is 2. The Morgan fingerprint density at radius 3 is 2.22 bits per heavy atom. The van der Waals surface area contributed by atoms with Gasteiger partial charge in [-0.25, -0.2) is 0 Å². The van der Waals surface area contributed by atoms with Gasteiger partial charge in [-0.1, -0.05) is 18.2 Å². The van der Waals surface area contributed by atoms with Gasteiger partial charge in [0.15, 0.2) is 0 Å². The molecule has 2 amide bonds. The first kappa shape index (κ1) is 18.8. The first-order chi connectivity index (χ1) is 12.8. The molecule has 2 N–H and O–H groups in total. The van der Waals surface area contributed by atoms with E-state index in [0.717, 1.165) is 11.4 Å². The molecule has 0 radical (unpaired) electrons. The number of carbonyl (C=O) groups is 2. The fourth-order valence-electron chi connectivity index (χ4n) is 2.89. The Balaban J connectivity index is 1.56. The Hall–Kier alpha value is -3.03. The Bertz CT molecular complexity index is 807. The molecule has 1 atom stereocenters. The molecule has 1 aliphatic heterocycles. The summed E-state index contributed by atoms with van der Waals surface area (Å²) in [7, 11) is 0. The average Bonchev–Trinajstić information content (AvgIpc) is 2.97. The van der Waals surface area contributed by atoms with Crippen LogP contribution in [-0.2, 0) is 9.59 Å². The second kappa shape index (κ2) is 7.69. The minimum atomic E-state index is -4.47. The van der Waals surface area contributed by atoms with Crippen LogP contribution in [0.3, 0.4) is 0 Å². The molecule has 0 aromatic heterocycles. The molecule has 0 unspecified atom stereocenters. The lowest BCUT2D eigenvalue weighted by Gasteiger charge is -2.18. The number of nitrogens with one attached hydrogen (secondary N) is 2. The van der Waals surface area contributed by atoms with Crippen molar-refractivity contribution in [3.8, 4) is 0 Å². The molecule has 1 aliphatic rings. The summed E-state index contributed by atoms with van der Waals surface area (Å²) in [5.41, 5.74) is 2.26. The van der Waals surface area contributed by atoms with Crippen molar-refractivity contribution in [2.45, 2.75) is 12.6 Å². The van der Waals surface area contributed by atoms with Crippen LogP contribution in [0.4, 0.5) is 30.2 Å². The maximum Gasteiger partial charge on any atom is 0.406 e. The lowest BCUT2D eigenvalue weighted by molar-refractivity contribution is -0.157. The van der Waals surface area contributed by atoms with E-state index in [1.165, 1.54) is 0 Å². The fourth-order valence-corrected chi connectivity index (χ4v) is 2.89. The predicted octanol–water partition coefficient (Wildman–Crippen LogP) is 3.78. The van der Waals surface area contributed by atoms with E-state index < -0.39 is 30.5 Å². The molecule has 1 fully saturated rings. The summed E-state index contributed by atoms with van der Waals surface area (Å²) in [6.45, 7) is -1.55. The molecule has 142 valence electrons. The number of alkyl halides is 3. The fraction of sp³-hybridized carbons (Fsp3) is 0.263. The number of halogens is 3. The van der Waals surface area contributed by atoms with E-state index in [1.807, 2.05) is 30.3 Å². The lowest BCUT2D eigenvalue weighted by atomic mass is 10.1. The summed E-state index contributed by atoms with van der Waals surface area (Å²) in [5, 5.41) is 5.85. The van der Waals surface area contributed by atoms with E-state index >= 15 is 0 Å². The number of likely N-dealkylation sites (tertiary alicyclic amines) is 1. The molecule has 1 heterocycles. The third kappa shape index (κ3) is 5.22. The number of rotatable bonds is 5. The van der Waals surface area contributed by atoms with E-state index in [9.17, 15) is 22.8 Å². The quantitative estimate of drug-likeness (QED) is 0.834. The average molecular weight is 377 g/mol. The summed E-state index contributed by atoms with van der Waals surface area (Å²) in [4.78, 5) is 24.6. The van der Waals surface area contributed by atoms with Crippen LogP contribution in [0.25, 0.3) is 0 Å². The van der Waals surface area contributed by atoms with Gasteiger partial charge in [-0.05, 0) is 36.4 Å². The summed E-state index contributed by atoms with van der Waals surface area (Å²) >= 11 is 0. The van der Waals surface area contributed by atoms with Gasteiger partial charge >= 0.3 is 6.18 Å². The molecule has 0 bridgehead atoms. The SMILES string of the molecule is O=C(Nc1ccc(Nc2ccccc2)cc1)[C@H]1CC(=O)N(CC(F)(F)F)C1. The van der Waals surface area contributed by atoms with Crippen molar-refractivity contribution < 1.29 is 22.8 Å². The highest BCUT2D eigenvalue weighted by molar-refractivity contribution is 5.97. The first-order valence-corrected chi connectivity index (χ1v) is 8.38. The van der Waals surface area contributed by atoms with Crippen molar-refractivity contribution in [3.05, 3.63) is 54.6 Å². The van der Waals surface area contributed by atoms with Crippen molar-refractivity contribution in [1.82, 2.24) is 4.90 Å². The van der Waals surface area contributed by atoms with E-state index in [0.29, 0.717) is 10.6 Å². The molecule has 2 aromatic carbocycles. The van der Waals surface area contributed by atoms with Crippen LogP contribution < -0.4 is 10.6 Å². The van der Waals surface area contributed by atoms with Gasteiger partial charge in [-0.3, -0.25) is 9.59 Å². The normalized spacial score (nSPS) is 17.1. The smallest absolute Gasteiger partial charge is 0.356 e.